The molecule has 6 heteroatoms. The number of anilines is 1. The number of aliphatic hydroxyl groups excluding tert-OH is 1. The van der Waals surface area contributed by atoms with Crippen molar-refractivity contribution in [1.29, 1.82) is 0 Å². The second-order valence-corrected chi connectivity index (χ2v) is 5.93. The molecule has 0 spiro atoms. The molecule has 0 radical (unpaired) electrons. The molecule has 0 unspecified atom stereocenters. The molecule has 1 aromatic carbocycles. The number of amides is 1. The van der Waals surface area contributed by atoms with E-state index in [1.165, 1.54) is 12.4 Å². The van der Waals surface area contributed by atoms with Gasteiger partial charge in [-0.2, -0.15) is 0 Å². The highest BCUT2D eigenvalue weighted by Crippen LogP contribution is 2.17. The van der Waals surface area contributed by atoms with E-state index in [0.717, 1.165) is 17.7 Å². The number of rotatable bonds is 8. The second-order valence-electron chi connectivity index (χ2n) is 5.93. The maximum atomic E-state index is 13.0. The summed E-state index contributed by atoms with van der Waals surface area (Å²) < 4.78 is 0. The van der Waals surface area contributed by atoms with Crippen LogP contribution in [0.2, 0.25) is 0 Å². The third kappa shape index (κ3) is 4.76. The second kappa shape index (κ2) is 9.13. The summed E-state index contributed by atoms with van der Waals surface area (Å²) in [7, 11) is 0. The molecule has 25 heavy (non-hydrogen) atoms. The van der Waals surface area contributed by atoms with Crippen molar-refractivity contribution in [2.45, 2.75) is 39.8 Å². The van der Waals surface area contributed by atoms with Crippen LogP contribution in [0.1, 0.15) is 41.8 Å². The van der Waals surface area contributed by atoms with Crippen molar-refractivity contribution in [3.8, 4) is 0 Å². The van der Waals surface area contributed by atoms with E-state index >= 15 is 0 Å². The topological polar surface area (TPSA) is 78.4 Å². The average Bonchev–Trinajstić information content (AvgIpc) is 2.64. The fraction of sp³-hybridized carbons (Fsp3) is 0.421. The molecule has 1 amide bonds. The summed E-state index contributed by atoms with van der Waals surface area (Å²) in [4.78, 5) is 23.1. The average molecular weight is 342 g/mol. The molecule has 1 atom stereocenters. The standard InChI is InChI=1S/C19H26N4O2/c1-4-17(13-24)23(12-15-9-7-6-8-14(15)3)18(25)16-10-21-19(20-5-2)22-11-16/h6-11,17,24H,4-5,12-13H2,1-3H3,(H,20,21,22)/t17-/m1/s1. The largest absolute Gasteiger partial charge is 0.394 e. The normalized spacial score (nSPS) is 11.8. The lowest BCUT2D eigenvalue weighted by atomic mass is 10.1. The summed E-state index contributed by atoms with van der Waals surface area (Å²) in [6.07, 6.45) is 3.73. The van der Waals surface area contributed by atoms with Gasteiger partial charge in [-0.25, -0.2) is 9.97 Å². The van der Waals surface area contributed by atoms with E-state index in [4.69, 9.17) is 0 Å². The molecule has 0 saturated heterocycles. The van der Waals surface area contributed by atoms with Gasteiger partial charge in [0.2, 0.25) is 5.95 Å². The van der Waals surface area contributed by atoms with Gasteiger partial charge in [-0.1, -0.05) is 31.2 Å². The molecule has 0 aliphatic heterocycles. The van der Waals surface area contributed by atoms with E-state index in [2.05, 4.69) is 15.3 Å². The molecule has 2 N–H and O–H groups in total. The molecular weight excluding hydrogens is 316 g/mol. The summed E-state index contributed by atoms with van der Waals surface area (Å²) in [6.45, 7) is 7.02. The van der Waals surface area contributed by atoms with E-state index in [0.29, 0.717) is 24.5 Å². The molecular formula is C19H26N4O2. The number of carbonyl (C=O) groups excluding carboxylic acids is 1. The summed E-state index contributed by atoms with van der Waals surface area (Å²) in [5.41, 5.74) is 2.60. The van der Waals surface area contributed by atoms with Crippen LogP contribution in [0.15, 0.2) is 36.7 Å². The van der Waals surface area contributed by atoms with Crippen LogP contribution >= 0.6 is 0 Å². The minimum atomic E-state index is -0.249. The quantitative estimate of drug-likeness (QED) is 0.771. The Bertz CT molecular complexity index is 684. The molecule has 2 aromatic rings. The number of carbonyl (C=O) groups is 1. The van der Waals surface area contributed by atoms with Gasteiger partial charge in [-0.3, -0.25) is 4.79 Å². The van der Waals surface area contributed by atoms with Gasteiger partial charge in [0.15, 0.2) is 0 Å². The summed E-state index contributed by atoms with van der Waals surface area (Å²) in [6, 6.07) is 7.71. The van der Waals surface area contributed by atoms with Crippen LogP contribution < -0.4 is 5.32 Å². The molecule has 2 rings (SSSR count). The number of aromatic nitrogens is 2. The minimum absolute atomic E-state index is 0.0789. The third-order valence-electron chi connectivity index (χ3n) is 4.22. The van der Waals surface area contributed by atoms with Crippen molar-refractivity contribution in [1.82, 2.24) is 14.9 Å². The Balaban J connectivity index is 2.27. The van der Waals surface area contributed by atoms with E-state index < -0.39 is 0 Å². The van der Waals surface area contributed by atoms with Crippen LogP contribution in [0, 0.1) is 6.92 Å². The third-order valence-corrected chi connectivity index (χ3v) is 4.22. The molecule has 0 aliphatic carbocycles. The van der Waals surface area contributed by atoms with Crippen molar-refractivity contribution in [3.63, 3.8) is 0 Å². The highest BCUT2D eigenvalue weighted by Gasteiger charge is 2.24. The maximum absolute atomic E-state index is 13.0. The Morgan fingerprint density at radius 2 is 1.92 bits per heavy atom. The number of nitrogens with zero attached hydrogens (tertiary/aromatic N) is 3. The number of hydrogen-bond acceptors (Lipinski definition) is 5. The van der Waals surface area contributed by atoms with Crippen LogP contribution in [0.25, 0.3) is 0 Å². The molecule has 0 bridgehead atoms. The Morgan fingerprint density at radius 3 is 2.48 bits per heavy atom. The Morgan fingerprint density at radius 1 is 1.24 bits per heavy atom. The molecule has 0 saturated carbocycles. The first-order chi connectivity index (χ1) is 12.1. The molecule has 1 aromatic heterocycles. The zero-order valence-electron chi connectivity index (χ0n) is 15.1. The van der Waals surface area contributed by atoms with Crippen molar-refractivity contribution in [3.05, 3.63) is 53.3 Å². The summed E-state index contributed by atoms with van der Waals surface area (Å²) in [5.74, 6) is 0.325. The first-order valence-electron chi connectivity index (χ1n) is 8.62. The monoisotopic (exact) mass is 342 g/mol. The molecule has 0 fully saturated rings. The number of nitrogens with one attached hydrogen (secondary N) is 1. The first kappa shape index (κ1) is 18.9. The number of hydrogen-bond donors (Lipinski definition) is 2. The van der Waals surface area contributed by atoms with Gasteiger partial charge in [0, 0.05) is 25.5 Å². The SMILES string of the molecule is CCNc1ncc(C(=O)N(Cc2ccccc2C)[C@H](CC)CO)cn1. The van der Waals surface area contributed by atoms with Crippen molar-refractivity contribution < 1.29 is 9.90 Å². The molecule has 134 valence electrons. The summed E-state index contributed by atoms with van der Waals surface area (Å²) >= 11 is 0. The van der Waals surface area contributed by atoms with Crippen molar-refractivity contribution >= 4 is 11.9 Å². The van der Waals surface area contributed by atoms with Gasteiger partial charge in [0.05, 0.1) is 18.2 Å². The van der Waals surface area contributed by atoms with Gasteiger partial charge in [0.1, 0.15) is 0 Å². The van der Waals surface area contributed by atoms with Crippen molar-refractivity contribution in [2.75, 3.05) is 18.5 Å². The smallest absolute Gasteiger partial charge is 0.257 e. The lowest BCUT2D eigenvalue weighted by Crippen LogP contribution is -2.42. The van der Waals surface area contributed by atoms with Gasteiger partial charge >= 0.3 is 0 Å². The zero-order chi connectivity index (χ0) is 18.2. The van der Waals surface area contributed by atoms with Crippen LogP contribution in [-0.2, 0) is 6.54 Å². The number of benzene rings is 1. The van der Waals surface area contributed by atoms with Crippen LogP contribution in [-0.4, -0.2) is 45.1 Å². The fourth-order valence-electron chi connectivity index (χ4n) is 2.64. The Hall–Kier alpha value is -2.47. The van der Waals surface area contributed by atoms with Crippen LogP contribution in [0.4, 0.5) is 5.95 Å². The maximum Gasteiger partial charge on any atom is 0.257 e. The van der Waals surface area contributed by atoms with Crippen LogP contribution in [0.5, 0.6) is 0 Å². The Labute approximate surface area is 148 Å². The summed E-state index contributed by atoms with van der Waals surface area (Å²) in [5, 5.41) is 12.7. The van der Waals surface area contributed by atoms with E-state index in [1.807, 2.05) is 45.0 Å². The van der Waals surface area contributed by atoms with Gasteiger partial charge in [-0.15, -0.1) is 0 Å². The first-order valence-corrected chi connectivity index (χ1v) is 8.62. The molecule has 0 aliphatic rings. The number of aliphatic hydroxyl groups is 1. The fourth-order valence-corrected chi connectivity index (χ4v) is 2.64. The predicted molar refractivity (Wildman–Crippen MR) is 98.4 cm³/mol. The highest BCUT2D eigenvalue weighted by atomic mass is 16.3. The van der Waals surface area contributed by atoms with Gasteiger partial charge in [-0.05, 0) is 31.4 Å². The highest BCUT2D eigenvalue weighted by molar-refractivity contribution is 5.94. The van der Waals surface area contributed by atoms with Gasteiger partial charge in [0.25, 0.3) is 5.91 Å². The molecule has 1 heterocycles. The molecule has 6 nitrogen and oxygen atoms in total. The van der Waals surface area contributed by atoms with Gasteiger partial charge < -0.3 is 15.3 Å². The number of aryl methyl sites for hydroxylation is 1. The Kier molecular flexibility index (Phi) is 6.89. The minimum Gasteiger partial charge on any atom is -0.394 e. The van der Waals surface area contributed by atoms with E-state index in [-0.39, 0.29) is 18.6 Å². The lowest BCUT2D eigenvalue weighted by molar-refractivity contribution is 0.0562. The van der Waals surface area contributed by atoms with Crippen molar-refractivity contribution in [2.24, 2.45) is 0 Å². The lowest BCUT2D eigenvalue weighted by Gasteiger charge is -2.30. The van der Waals surface area contributed by atoms with E-state index in [9.17, 15) is 9.90 Å². The predicted octanol–water partition coefficient (Wildman–Crippen LogP) is 2.63. The van der Waals surface area contributed by atoms with E-state index in [1.54, 1.807) is 4.90 Å². The zero-order valence-corrected chi connectivity index (χ0v) is 15.1. The van der Waals surface area contributed by atoms with Crippen LogP contribution in [0.3, 0.4) is 0 Å².